The molecule has 0 bridgehead atoms. The van der Waals surface area contributed by atoms with Crippen LogP contribution in [0.5, 0.6) is 0 Å². The molecule has 0 N–H and O–H groups in total. The lowest BCUT2D eigenvalue weighted by molar-refractivity contribution is -0.132. The topological polar surface area (TPSA) is 85.0 Å². The highest BCUT2D eigenvalue weighted by atomic mass is 35.5. The van der Waals surface area contributed by atoms with Crippen molar-refractivity contribution in [2.45, 2.75) is 32.2 Å². The number of halogens is 1. The average Bonchev–Trinajstić information content (AvgIpc) is 3.17. The first-order chi connectivity index (χ1) is 13.2. The third-order valence-electron chi connectivity index (χ3n) is 4.53. The quantitative estimate of drug-likeness (QED) is 0.673. The van der Waals surface area contributed by atoms with Crippen molar-refractivity contribution in [3.05, 3.63) is 59.0 Å². The number of carbonyl (C=O) groups is 1. The summed E-state index contributed by atoms with van der Waals surface area (Å²) >= 11 is 6.01. The minimum absolute atomic E-state index is 0.118. The van der Waals surface area contributed by atoms with E-state index in [4.69, 9.17) is 16.1 Å². The first-order valence-electron chi connectivity index (χ1n) is 8.83. The predicted molar refractivity (Wildman–Crippen MR) is 98.8 cm³/mol. The predicted octanol–water partition coefficient (Wildman–Crippen LogP) is 3.09. The van der Waals surface area contributed by atoms with Crippen molar-refractivity contribution in [3.8, 4) is 11.4 Å². The Hall–Kier alpha value is -2.80. The number of aryl methyl sites for hydroxylation is 1. The fourth-order valence-electron chi connectivity index (χ4n) is 3.13. The van der Waals surface area contributed by atoms with Crippen LogP contribution in [-0.4, -0.2) is 37.5 Å². The second kappa shape index (κ2) is 7.84. The average molecular weight is 384 g/mol. The number of carbonyl (C=O) groups excluding carboxylic acids is 1. The van der Waals surface area contributed by atoms with Gasteiger partial charge in [0.2, 0.25) is 17.6 Å². The van der Waals surface area contributed by atoms with Gasteiger partial charge in [0.05, 0.1) is 5.02 Å². The molecule has 1 aliphatic rings. The molecule has 0 fully saturated rings. The Labute approximate surface area is 161 Å². The molecule has 0 radical (unpaired) electrons. The largest absolute Gasteiger partial charge is 0.339 e. The highest BCUT2D eigenvalue weighted by Crippen LogP contribution is 2.21. The van der Waals surface area contributed by atoms with E-state index >= 15 is 0 Å². The summed E-state index contributed by atoms with van der Waals surface area (Å²) in [5.41, 5.74) is 2.86. The van der Waals surface area contributed by atoms with Crippen molar-refractivity contribution in [2.75, 3.05) is 6.54 Å². The molecular weight excluding hydrogens is 366 g/mol. The maximum absolute atomic E-state index is 12.5. The van der Waals surface area contributed by atoms with Crippen LogP contribution in [0.2, 0.25) is 5.02 Å². The summed E-state index contributed by atoms with van der Waals surface area (Å²) in [6.45, 7) is 1.25. The fraction of sp³-hybridized carbons (Fsp3) is 0.316. The second-order valence-electron chi connectivity index (χ2n) is 6.43. The van der Waals surface area contributed by atoms with Gasteiger partial charge >= 0.3 is 0 Å². The van der Waals surface area contributed by atoms with Crippen LogP contribution in [0.3, 0.4) is 0 Å². The number of amides is 1. The van der Waals surface area contributed by atoms with Crippen molar-refractivity contribution in [3.63, 3.8) is 0 Å². The Morgan fingerprint density at radius 2 is 2.26 bits per heavy atom. The van der Waals surface area contributed by atoms with E-state index in [1.165, 1.54) is 0 Å². The van der Waals surface area contributed by atoms with Crippen LogP contribution in [0.25, 0.3) is 11.4 Å². The molecule has 7 nitrogen and oxygen atoms in total. The van der Waals surface area contributed by atoms with Crippen molar-refractivity contribution in [2.24, 2.45) is 0 Å². The Kier molecular flexibility index (Phi) is 5.11. The van der Waals surface area contributed by atoms with Gasteiger partial charge in [-0.1, -0.05) is 16.8 Å². The molecule has 8 heteroatoms. The molecular formula is C19H18ClN5O2. The van der Waals surface area contributed by atoms with Crippen LogP contribution in [-0.2, 0) is 24.2 Å². The molecule has 0 spiro atoms. The molecule has 138 valence electrons. The van der Waals surface area contributed by atoms with Crippen molar-refractivity contribution >= 4 is 17.5 Å². The smallest absolute Gasteiger partial charge is 0.226 e. The molecule has 0 unspecified atom stereocenters. The third-order valence-corrected chi connectivity index (χ3v) is 4.73. The molecule has 0 saturated carbocycles. The highest BCUT2D eigenvalue weighted by molar-refractivity contribution is 6.30. The maximum Gasteiger partial charge on any atom is 0.226 e. The lowest BCUT2D eigenvalue weighted by Crippen LogP contribution is -2.36. The van der Waals surface area contributed by atoms with E-state index in [-0.39, 0.29) is 5.91 Å². The van der Waals surface area contributed by atoms with Crippen LogP contribution in [0.4, 0.5) is 0 Å². The van der Waals surface area contributed by atoms with Crippen molar-refractivity contribution in [1.29, 1.82) is 0 Å². The van der Waals surface area contributed by atoms with Crippen LogP contribution >= 0.6 is 11.6 Å². The number of aromatic nitrogens is 4. The molecule has 4 heterocycles. The summed E-state index contributed by atoms with van der Waals surface area (Å²) < 4.78 is 5.27. The van der Waals surface area contributed by atoms with Crippen LogP contribution in [0.15, 0.2) is 41.3 Å². The highest BCUT2D eigenvalue weighted by Gasteiger charge is 2.21. The summed E-state index contributed by atoms with van der Waals surface area (Å²) in [6, 6.07) is 5.59. The molecule has 4 rings (SSSR count). The number of nitrogens with zero attached hydrogens (tertiary/aromatic N) is 5. The normalized spacial score (nSPS) is 13.4. The van der Waals surface area contributed by atoms with E-state index in [0.29, 0.717) is 49.1 Å². The molecule has 0 aromatic carbocycles. The van der Waals surface area contributed by atoms with Crippen molar-refractivity contribution < 1.29 is 9.32 Å². The van der Waals surface area contributed by atoms with Crippen LogP contribution < -0.4 is 0 Å². The van der Waals surface area contributed by atoms with Gasteiger partial charge in [0, 0.05) is 62.2 Å². The Balaban J connectivity index is 1.30. The first kappa shape index (κ1) is 17.6. The lowest BCUT2D eigenvalue weighted by atomic mass is 10.1. The monoisotopic (exact) mass is 383 g/mol. The number of fused-ring (bicyclic) bond motifs is 1. The molecule has 0 aliphatic carbocycles. The van der Waals surface area contributed by atoms with Gasteiger partial charge in [-0.15, -0.1) is 0 Å². The van der Waals surface area contributed by atoms with E-state index in [1.54, 1.807) is 18.6 Å². The first-order valence-corrected chi connectivity index (χ1v) is 9.21. The summed E-state index contributed by atoms with van der Waals surface area (Å²) in [5.74, 6) is 1.16. The Morgan fingerprint density at radius 3 is 3.11 bits per heavy atom. The maximum atomic E-state index is 12.5. The van der Waals surface area contributed by atoms with E-state index in [0.717, 1.165) is 23.2 Å². The van der Waals surface area contributed by atoms with Gasteiger partial charge in [0.1, 0.15) is 0 Å². The Bertz CT molecular complexity index is 944. The molecule has 3 aromatic heterocycles. The molecule has 1 aliphatic heterocycles. The van der Waals surface area contributed by atoms with Gasteiger partial charge in [-0.05, 0) is 30.2 Å². The number of hydrogen-bond acceptors (Lipinski definition) is 6. The van der Waals surface area contributed by atoms with E-state index in [9.17, 15) is 4.79 Å². The molecule has 0 atom stereocenters. The van der Waals surface area contributed by atoms with Gasteiger partial charge in [-0.3, -0.25) is 14.8 Å². The van der Waals surface area contributed by atoms with Gasteiger partial charge in [0.25, 0.3) is 0 Å². The summed E-state index contributed by atoms with van der Waals surface area (Å²) in [7, 11) is 0. The number of hydrogen-bond donors (Lipinski definition) is 0. The number of rotatable bonds is 5. The summed E-state index contributed by atoms with van der Waals surface area (Å²) in [6.07, 6.45) is 7.46. The third kappa shape index (κ3) is 4.14. The molecule has 1 amide bonds. The van der Waals surface area contributed by atoms with Crippen LogP contribution in [0, 0.1) is 0 Å². The van der Waals surface area contributed by atoms with E-state index in [2.05, 4.69) is 20.1 Å². The summed E-state index contributed by atoms with van der Waals surface area (Å²) in [5, 5.41) is 4.57. The van der Waals surface area contributed by atoms with E-state index in [1.807, 2.05) is 23.1 Å². The fourth-order valence-corrected chi connectivity index (χ4v) is 3.31. The lowest BCUT2D eigenvalue weighted by Gasteiger charge is -2.28. The second-order valence-corrected chi connectivity index (χ2v) is 6.87. The van der Waals surface area contributed by atoms with Gasteiger partial charge in [-0.2, -0.15) is 4.98 Å². The minimum atomic E-state index is 0.118. The van der Waals surface area contributed by atoms with Gasteiger partial charge < -0.3 is 9.42 Å². The zero-order valence-corrected chi connectivity index (χ0v) is 15.4. The van der Waals surface area contributed by atoms with Crippen LogP contribution in [0.1, 0.15) is 30.0 Å². The van der Waals surface area contributed by atoms with E-state index < -0.39 is 0 Å². The standard InChI is InChI=1S/C19H18ClN5O2/c20-15-9-14-12-25(8-6-16(14)22-11-15)18(26)5-1-4-17-23-19(24-27-17)13-3-2-7-21-10-13/h2-3,7,9-11H,1,4-6,8,12H2. The SMILES string of the molecule is O=C(CCCc1nc(-c2cccnc2)no1)N1CCc2ncc(Cl)cc2C1. The molecule has 27 heavy (non-hydrogen) atoms. The Morgan fingerprint density at radius 1 is 1.33 bits per heavy atom. The summed E-state index contributed by atoms with van der Waals surface area (Å²) in [4.78, 5) is 27.1. The van der Waals surface area contributed by atoms with Gasteiger partial charge in [0.15, 0.2) is 0 Å². The van der Waals surface area contributed by atoms with Crippen molar-refractivity contribution in [1.82, 2.24) is 25.0 Å². The molecule has 0 saturated heterocycles. The van der Waals surface area contributed by atoms with Gasteiger partial charge in [-0.25, -0.2) is 0 Å². The zero-order valence-electron chi connectivity index (χ0n) is 14.6. The number of pyridine rings is 2. The minimum Gasteiger partial charge on any atom is -0.339 e. The zero-order chi connectivity index (χ0) is 18.6. The molecule has 3 aromatic rings.